The van der Waals surface area contributed by atoms with Crippen LogP contribution in [-0.2, 0) is 11.0 Å². The monoisotopic (exact) mass is 235 g/mol. The second-order valence-corrected chi connectivity index (χ2v) is 2.71. The third-order valence-corrected chi connectivity index (χ3v) is 1.71. The number of carbonyl (C=O) groups excluding carboxylic acids is 1. The van der Waals surface area contributed by atoms with Crippen molar-refractivity contribution in [1.29, 1.82) is 0 Å². The van der Waals surface area contributed by atoms with Crippen LogP contribution >= 0.6 is 0 Å². The molecular formula is C9H5F4NO2. The molecule has 0 saturated carbocycles. The molecule has 0 bridgehead atoms. The van der Waals surface area contributed by atoms with Crippen LogP contribution in [-0.4, -0.2) is 13.2 Å². The number of halogens is 4. The van der Waals surface area contributed by atoms with Crippen molar-refractivity contribution in [3.8, 4) is 5.75 Å². The lowest BCUT2D eigenvalue weighted by molar-refractivity contribution is -0.138. The zero-order valence-electron chi connectivity index (χ0n) is 7.93. The summed E-state index contributed by atoms with van der Waals surface area (Å²) in [6.45, 7) is 0. The van der Waals surface area contributed by atoms with Gasteiger partial charge in [-0.15, -0.1) is 0 Å². The zero-order valence-corrected chi connectivity index (χ0v) is 7.93. The molecule has 0 amide bonds. The average molecular weight is 235 g/mol. The van der Waals surface area contributed by atoms with Crippen LogP contribution in [0.25, 0.3) is 0 Å². The predicted octanol–water partition coefficient (Wildman–Crippen LogP) is 2.82. The summed E-state index contributed by atoms with van der Waals surface area (Å²) in [6, 6.07) is 0.918. The van der Waals surface area contributed by atoms with E-state index in [2.05, 4.69) is 9.73 Å². The second kappa shape index (κ2) is 4.32. The number of ether oxygens (including phenoxy) is 1. The van der Waals surface area contributed by atoms with E-state index in [-0.39, 0.29) is 6.07 Å². The number of methoxy groups -OCH3 is 1. The van der Waals surface area contributed by atoms with Gasteiger partial charge in [0.2, 0.25) is 6.08 Å². The maximum Gasteiger partial charge on any atom is 0.420 e. The number of isocyanates is 1. The number of alkyl halides is 3. The quantitative estimate of drug-likeness (QED) is 0.449. The average Bonchev–Trinajstić information content (AvgIpc) is 2.16. The standard InChI is InChI=1S/C9H5F4NO2/c1-16-8-6(9(11,12)13)2-5(10)3-7(8)14-4-15/h2-3H,1H3. The molecular weight excluding hydrogens is 230 g/mol. The third-order valence-electron chi connectivity index (χ3n) is 1.71. The minimum atomic E-state index is -4.79. The van der Waals surface area contributed by atoms with E-state index >= 15 is 0 Å². The first kappa shape index (κ1) is 12.2. The Hall–Kier alpha value is -1.88. The molecule has 86 valence electrons. The van der Waals surface area contributed by atoms with Crippen LogP contribution in [0.1, 0.15) is 5.56 Å². The SMILES string of the molecule is COc1c(N=C=O)cc(F)cc1C(F)(F)F. The van der Waals surface area contributed by atoms with Gasteiger partial charge in [-0.1, -0.05) is 0 Å². The molecule has 7 heteroatoms. The molecule has 0 aliphatic heterocycles. The van der Waals surface area contributed by atoms with Gasteiger partial charge in [-0.25, -0.2) is 9.18 Å². The van der Waals surface area contributed by atoms with Crippen LogP contribution in [0.4, 0.5) is 23.2 Å². The van der Waals surface area contributed by atoms with Gasteiger partial charge in [-0.3, -0.25) is 0 Å². The minimum Gasteiger partial charge on any atom is -0.494 e. The van der Waals surface area contributed by atoms with Crippen molar-refractivity contribution in [1.82, 2.24) is 0 Å². The predicted molar refractivity (Wildman–Crippen MR) is 45.7 cm³/mol. The van der Waals surface area contributed by atoms with Crippen LogP contribution in [0.3, 0.4) is 0 Å². The van der Waals surface area contributed by atoms with Crippen molar-refractivity contribution in [2.45, 2.75) is 6.18 Å². The molecule has 0 aliphatic carbocycles. The van der Waals surface area contributed by atoms with Crippen LogP contribution in [0.5, 0.6) is 5.75 Å². The molecule has 1 aromatic carbocycles. The summed E-state index contributed by atoms with van der Waals surface area (Å²) in [5, 5.41) is 0. The molecule has 0 aromatic heterocycles. The Bertz CT molecular complexity index is 450. The summed E-state index contributed by atoms with van der Waals surface area (Å²) in [6.07, 6.45) is -3.77. The molecule has 0 heterocycles. The van der Waals surface area contributed by atoms with Gasteiger partial charge in [-0.2, -0.15) is 18.2 Å². The fourth-order valence-electron chi connectivity index (χ4n) is 1.14. The maximum atomic E-state index is 12.9. The number of hydrogen-bond acceptors (Lipinski definition) is 3. The largest absolute Gasteiger partial charge is 0.494 e. The molecule has 0 saturated heterocycles. The van der Waals surface area contributed by atoms with E-state index in [1.807, 2.05) is 0 Å². The van der Waals surface area contributed by atoms with Crippen molar-refractivity contribution in [2.75, 3.05) is 7.11 Å². The van der Waals surface area contributed by atoms with E-state index in [9.17, 15) is 22.4 Å². The summed E-state index contributed by atoms with van der Waals surface area (Å²) >= 11 is 0. The molecule has 0 fully saturated rings. The number of nitrogens with zero attached hydrogens (tertiary/aromatic N) is 1. The number of hydrogen-bond donors (Lipinski definition) is 0. The lowest BCUT2D eigenvalue weighted by Gasteiger charge is -2.13. The Kier molecular flexibility index (Phi) is 3.29. The Morgan fingerprint density at radius 3 is 2.44 bits per heavy atom. The smallest absolute Gasteiger partial charge is 0.420 e. The molecule has 0 unspecified atom stereocenters. The Morgan fingerprint density at radius 1 is 1.38 bits per heavy atom. The normalized spacial score (nSPS) is 10.8. The highest BCUT2D eigenvalue weighted by atomic mass is 19.4. The summed E-state index contributed by atoms with van der Waals surface area (Å²) in [7, 11) is 0.965. The molecule has 0 radical (unpaired) electrons. The number of rotatable bonds is 2. The van der Waals surface area contributed by atoms with Crippen molar-refractivity contribution in [3.05, 3.63) is 23.5 Å². The lowest BCUT2D eigenvalue weighted by atomic mass is 10.1. The fourth-order valence-corrected chi connectivity index (χ4v) is 1.14. The lowest BCUT2D eigenvalue weighted by Crippen LogP contribution is -2.08. The van der Waals surface area contributed by atoms with Crippen LogP contribution in [0.2, 0.25) is 0 Å². The molecule has 0 atom stereocenters. The number of benzene rings is 1. The van der Waals surface area contributed by atoms with Gasteiger partial charge < -0.3 is 4.74 Å². The third kappa shape index (κ3) is 2.38. The minimum absolute atomic E-state index is 0.267. The van der Waals surface area contributed by atoms with Crippen molar-refractivity contribution < 1.29 is 27.1 Å². The first-order valence-corrected chi connectivity index (χ1v) is 3.92. The van der Waals surface area contributed by atoms with Gasteiger partial charge in [0.15, 0.2) is 5.75 Å². The van der Waals surface area contributed by atoms with E-state index in [1.165, 1.54) is 0 Å². The van der Waals surface area contributed by atoms with Crippen molar-refractivity contribution in [3.63, 3.8) is 0 Å². The maximum absolute atomic E-state index is 12.9. The zero-order chi connectivity index (χ0) is 12.3. The van der Waals surface area contributed by atoms with E-state index in [0.717, 1.165) is 13.2 Å². The first-order valence-electron chi connectivity index (χ1n) is 3.92. The van der Waals surface area contributed by atoms with Gasteiger partial charge in [0.1, 0.15) is 17.1 Å². The number of aliphatic imine (C=N–C) groups is 1. The molecule has 0 aliphatic rings. The first-order chi connectivity index (χ1) is 7.40. The summed E-state index contributed by atoms with van der Waals surface area (Å²) in [5.41, 5.74) is -1.88. The Labute approximate surface area is 87.4 Å². The van der Waals surface area contributed by atoms with E-state index in [0.29, 0.717) is 6.07 Å². The molecule has 0 N–H and O–H groups in total. The van der Waals surface area contributed by atoms with Crippen molar-refractivity contribution >= 4 is 11.8 Å². The Balaban J connectivity index is 3.54. The van der Waals surface area contributed by atoms with E-state index < -0.39 is 29.0 Å². The topological polar surface area (TPSA) is 38.7 Å². The van der Waals surface area contributed by atoms with Gasteiger partial charge in [0, 0.05) is 6.07 Å². The van der Waals surface area contributed by atoms with Crippen LogP contribution in [0.15, 0.2) is 17.1 Å². The van der Waals surface area contributed by atoms with Gasteiger partial charge in [0.25, 0.3) is 0 Å². The Morgan fingerprint density at radius 2 is 2.00 bits per heavy atom. The van der Waals surface area contributed by atoms with Crippen molar-refractivity contribution in [2.24, 2.45) is 4.99 Å². The summed E-state index contributed by atoms with van der Waals surface area (Å²) in [5.74, 6) is -1.88. The van der Waals surface area contributed by atoms with E-state index in [4.69, 9.17) is 0 Å². The fraction of sp³-hybridized carbons (Fsp3) is 0.222. The molecule has 0 spiro atoms. The van der Waals surface area contributed by atoms with Crippen LogP contribution < -0.4 is 4.74 Å². The molecule has 16 heavy (non-hydrogen) atoms. The van der Waals surface area contributed by atoms with Gasteiger partial charge in [-0.05, 0) is 6.07 Å². The highest BCUT2D eigenvalue weighted by Gasteiger charge is 2.36. The van der Waals surface area contributed by atoms with Gasteiger partial charge in [0.05, 0.1) is 7.11 Å². The summed E-state index contributed by atoms with van der Waals surface area (Å²) < 4.78 is 54.6. The highest BCUT2D eigenvalue weighted by Crippen LogP contribution is 2.41. The highest BCUT2D eigenvalue weighted by molar-refractivity contribution is 5.61. The van der Waals surface area contributed by atoms with E-state index in [1.54, 1.807) is 0 Å². The van der Waals surface area contributed by atoms with Crippen LogP contribution in [0, 0.1) is 5.82 Å². The molecule has 3 nitrogen and oxygen atoms in total. The molecule has 1 aromatic rings. The second-order valence-electron chi connectivity index (χ2n) is 2.71. The summed E-state index contributed by atoms with van der Waals surface area (Å²) in [4.78, 5) is 12.9. The molecule has 1 rings (SSSR count). The van der Waals surface area contributed by atoms with Gasteiger partial charge >= 0.3 is 6.18 Å².